The predicted molar refractivity (Wildman–Crippen MR) is 84.3 cm³/mol. The third-order valence-electron chi connectivity index (χ3n) is 4.53. The van der Waals surface area contributed by atoms with Gasteiger partial charge >= 0.3 is 6.09 Å². The second kappa shape index (κ2) is 6.31. The summed E-state index contributed by atoms with van der Waals surface area (Å²) in [6.07, 6.45) is 2.14. The molecule has 1 amide bonds. The molecule has 20 heavy (non-hydrogen) atoms. The molecule has 0 aromatic rings. The zero-order chi connectivity index (χ0) is 15.6. The van der Waals surface area contributed by atoms with Crippen LogP contribution in [0.15, 0.2) is 12.7 Å². The van der Waals surface area contributed by atoms with E-state index in [9.17, 15) is 4.79 Å². The number of hydrogen-bond acceptors (Lipinski definition) is 3. The van der Waals surface area contributed by atoms with Gasteiger partial charge in [-0.15, -0.1) is 6.58 Å². The number of amides is 1. The van der Waals surface area contributed by atoms with E-state index >= 15 is 0 Å². The van der Waals surface area contributed by atoms with Crippen LogP contribution in [0.2, 0.25) is 18.1 Å². The first-order chi connectivity index (χ1) is 9.08. The van der Waals surface area contributed by atoms with Crippen LogP contribution in [-0.4, -0.2) is 33.2 Å². The first kappa shape index (κ1) is 17.2. The fourth-order valence-electron chi connectivity index (χ4n) is 1.98. The molecule has 0 aromatic carbocycles. The summed E-state index contributed by atoms with van der Waals surface area (Å²) < 4.78 is 11.5. The molecule has 3 atom stereocenters. The van der Waals surface area contributed by atoms with E-state index in [-0.39, 0.29) is 29.2 Å². The largest absolute Gasteiger partial charge is 0.443 e. The molecular weight excluding hydrogens is 270 g/mol. The molecule has 0 spiro atoms. The van der Waals surface area contributed by atoms with Crippen LogP contribution in [0.4, 0.5) is 4.79 Å². The number of cyclic esters (lactones) is 1. The SMILES string of the molecule is C=CC(C)[C@H]1OC(=O)N[C@@H]1CCO[Si](C)(C)C(C)(C)C. The van der Waals surface area contributed by atoms with Crippen molar-refractivity contribution in [3.8, 4) is 0 Å². The summed E-state index contributed by atoms with van der Waals surface area (Å²) in [5.41, 5.74) is 0. The Hall–Kier alpha value is -0.813. The summed E-state index contributed by atoms with van der Waals surface area (Å²) in [7, 11) is -1.73. The topological polar surface area (TPSA) is 47.6 Å². The normalized spacial score (nSPS) is 25.0. The molecule has 1 heterocycles. The maximum Gasteiger partial charge on any atom is 0.407 e. The standard InChI is InChI=1S/C15H29NO3Si/c1-8-11(2)13-12(16-14(17)19-13)9-10-18-20(6,7)15(3,4)5/h8,11-13H,1,9-10H2,2-7H3,(H,16,17)/t11?,12-,13-/m1/s1. The van der Waals surface area contributed by atoms with Crippen molar-refractivity contribution in [3.63, 3.8) is 0 Å². The van der Waals surface area contributed by atoms with E-state index in [0.717, 1.165) is 6.42 Å². The number of nitrogens with one attached hydrogen (secondary N) is 1. The fraction of sp³-hybridized carbons (Fsp3) is 0.800. The summed E-state index contributed by atoms with van der Waals surface area (Å²) in [6, 6.07) is 0.0141. The molecule has 1 fully saturated rings. The quantitative estimate of drug-likeness (QED) is 0.601. The first-order valence-corrected chi connectivity index (χ1v) is 10.2. The monoisotopic (exact) mass is 299 g/mol. The lowest BCUT2D eigenvalue weighted by atomic mass is 9.97. The van der Waals surface area contributed by atoms with Crippen LogP contribution >= 0.6 is 0 Å². The average molecular weight is 299 g/mol. The van der Waals surface area contributed by atoms with Gasteiger partial charge in [0.15, 0.2) is 8.32 Å². The lowest BCUT2D eigenvalue weighted by Gasteiger charge is -2.36. The minimum atomic E-state index is -1.73. The van der Waals surface area contributed by atoms with Gasteiger partial charge in [0.2, 0.25) is 0 Å². The summed E-state index contributed by atoms with van der Waals surface area (Å²) in [4.78, 5) is 11.4. The molecule has 1 N–H and O–H groups in total. The number of carbonyl (C=O) groups excluding carboxylic acids is 1. The van der Waals surface area contributed by atoms with Crippen molar-refractivity contribution >= 4 is 14.4 Å². The highest BCUT2D eigenvalue weighted by Gasteiger charge is 2.39. The van der Waals surface area contributed by atoms with Crippen molar-refractivity contribution in [2.75, 3.05) is 6.61 Å². The Morgan fingerprint density at radius 1 is 1.50 bits per heavy atom. The third-order valence-corrected chi connectivity index (χ3v) is 9.07. The summed E-state index contributed by atoms with van der Waals surface area (Å²) in [5.74, 6) is 0.145. The van der Waals surface area contributed by atoms with Crippen LogP contribution < -0.4 is 5.32 Å². The van der Waals surface area contributed by atoms with Crippen molar-refractivity contribution in [1.82, 2.24) is 5.32 Å². The van der Waals surface area contributed by atoms with Gasteiger partial charge in [-0.05, 0) is 24.6 Å². The molecular formula is C15H29NO3Si. The number of rotatable bonds is 6. The molecule has 4 nitrogen and oxygen atoms in total. The van der Waals surface area contributed by atoms with Crippen molar-refractivity contribution in [2.24, 2.45) is 5.92 Å². The maximum atomic E-state index is 11.4. The second-order valence-electron chi connectivity index (χ2n) is 7.11. The Balaban J connectivity index is 2.52. The number of alkyl carbamates (subject to hydrolysis) is 1. The second-order valence-corrected chi connectivity index (χ2v) is 11.9. The highest BCUT2D eigenvalue weighted by Crippen LogP contribution is 2.36. The minimum absolute atomic E-state index is 0.0141. The van der Waals surface area contributed by atoms with Crippen molar-refractivity contribution in [3.05, 3.63) is 12.7 Å². The van der Waals surface area contributed by atoms with E-state index in [0.29, 0.717) is 6.61 Å². The van der Waals surface area contributed by atoms with E-state index in [1.807, 2.05) is 13.0 Å². The van der Waals surface area contributed by atoms with Gasteiger partial charge in [0, 0.05) is 12.5 Å². The van der Waals surface area contributed by atoms with Crippen LogP contribution in [0, 0.1) is 5.92 Å². The Morgan fingerprint density at radius 2 is 2.10 bits per heavy atom. The van der Waals surface area contributed by atoms with Gasteiger partial charge in [0.1, 0.15) is 6.10 Å². The number of hydrogen-bond donors (Lipinski definition) is 1. The molecule has 0 aromatic heterocycles. The van der Waals surface area contributed by atoms with Crippen LogP contribution in [0.5, 0.6) is 0 Å². The zero-order valence-corrected chi connectivity index (χ0v) is 14.7. The van der Waals surface area contributed by atoms with Crippen molar-refractivity contribution in [2.45, 2.75) is 64.4 Å². The Bertz CT molecular complexity index is 363. The van der Waals surface area contributed by atoms with E-state index in [4.69, 9.17) is 9.16 Å². The Labute approximate surface area is 124 Å². The molecule has 116 valence electrons. The number of carbonyl (C=O) groups is 1. The molecule has 1 aliphatic rings. The first-order valence-electron chi connectivity index (χ1n) is 7.32. The smallest absolute Gasteiger partial charge is 0.407 e. The average Bonchev–Trinajstić information content (AvgIpc) is 2.68. The molecule has 1 unspecified atom stereocenters. The lowest BCUT2D eigenvalue weighted by Crippen LogP contribution is -2.43. The number of ether oxygens (including phenoxy) is 1. The molecule has 0 saturated carbocycles. The maximum absolute atomic E-state index is 11.4. The highest BCUT2D eigenvalue weighted by molar-refractivity contribution is 6.74. The lowest BCUT2D eigenvalue weighted by molar-refractivity contribution is 0.105. The summed E-state index contributed by atoms with van der Waals surface area (Å²) >= 11 is 0. The summed E-state index contributed by atoms with van der Waals surface area (Å²) in [6.45, 7) is 17.6. The molecule has 1 saturated heterocycles. The Kier molecular flexibility index (Phi) is 5.44. The molecule has 0 aliphatic carbocycles. The van der Waals surface area contributed by atoms with E-state index < -0.39 is 8.32 Å². The van der Waals surface area contributed by atoms with Gasteiger partial charge in [-0.2, -0.15) is 0 Å². The third kappa shape index (κ3) is 4.09. The van der Waals surface area contributed by atoms with Crippen LogP contribution in [0.3, 0.4) is 0 Å². The van der Waals surface area contributed by atoms with Gasteiger partial charge in [-0.25, -0.2) is 4.79 Å². The van der Waals surface area contributed by atoms with Gasteiger partial charge in [-0.3, -0.25) is 0 Å². The van der Waals surface area contributed by atoms with Crippen LogP contribution in [0.25, 0.3) is 0 Å². The Morgan fingerprint density at radius 3 is 2.60 bits per heavy atom. The van der Waals surface area contributed by atoms with Gasteiger partial charge in [0.25, 0.3) is 0 Å². The van der Waals surface area contributed by atoms with E-state index in [1.54, 1.807) is 0 Å². The van der Waals surface area contributed by atoms with Gasteiger partial charge < -0.3 is 14.5 Å². The van der Waals surface area contributed by atoms with Crippen molar-refractivity contribution in [1.29, 1.82) is 0 Å². The molecule has 5 heteroatoms. The summed E-state index contributed by atoms with van der Waals surface area (Å²) in [5, 5.41) is 3.08. The molecule has 0 bridgehead atoms. The molecule has 1 rings (SSSR count). The van der Waals surface area contributed by atoms with Gasteiger partial charge in [0.05, 0.1) is 6.04 Å². The van der Waals surface area contributed by atoms with Crippen molar-refractivity contribution < 1.29 is 14.0 Å². The molecule has 1 aliphatic heterocycles. The van der Waals surface area contributed by atoms with Crippen LogP contribution in [0.1, 0.15) is 34.1 Å². The van der Waals surface area contributed by atoms with Crippen LogP contribution in [-0.2, 0) is 9.16 Å². The highest BCUT2D eigenvalue weighted by atomic mass is 28.4. The zero-order valence-electron chi connectivity index (χ0n) is 13.7. The van der Waals surface area contributed by atoms with E-state index in [1.165, 1.54) is 0 Å². The predicted octanol–water partition coefficient (Wildman–Crippen LogP) is 3.70. The minimum Gasteiger partial charge on any atom is -0.443 e. The van der Waals surface area contributed by atoms with Gasteiger partial charge in [-0.1, -0.05) is 33.8 Å². The van der Waals surface area contributed by atoms with E-state index in [2.05, 4.69) is 45.8 Å². The molecule has 0 radical (unpaired) electrons. The fourth-order valence-corrected chi connectivity index (χ4v) is 3.04.